The number of aryl methyl sites for hydroxylation is 1. The zero-order valence-corrected chi connectivity index (χ0v) is 14.9. The van der Waals surface area contributed by atoms with E-state index in [1.807, 2.05) is 61.5 Å². The number of nitrogens with one attached hydrogen (secondary N) is 1. The quantitative estimate of drug-likeness (QED) is 0.764. The summed E-state index contributed by atoms with van der Waals surface area (Å²) >= 11 is 0. The highest BCUT2D eigenvalue weighted by atomic mass is 16.2. The molecule has 1 aromatic heterocycles. The van der Waals surface area contributed by atoms with Crippen molar-refractivity contribution < 1.29 is 9.59 Å². The van der Waals surface area contributed by atoms with E-state index >= 15 is 0 Å². The van der Waals surface area contributed by atoms with Gasteiger partial charge in [-0.15, -0.1) is 0 Å². The van der Waals surface area contributed by atoms with Crippen molar-refractivity contribution in [2.24, 2.45) is 0 Å². The van der Waals surface area contributed by atoms with E-state index < -0.39 is 0 Å². The molecule has 0 aliphatic rings. The van der Waals surface area contributed by atoms with Gasteiger partial charge in [-0.2, -0.15) is 0 Å². The molecule has 2 amide bonds. The smallest absolute Gasteiger partial charge is 0.244 e. The van der Waals surface area contributed by atoms with Crippen molar-refractivity contribution in [3.63, 3.8) is 0 Å². The molecule has 3 rings (SSSR count). The normalized spacial score (nSPS) is 10.5. The number of fused-ring (bicyclic) bond motifs is 1. The summed E-state index contributed by atoms with van der Waals surface area (Å²) in [7, 11) is 0. The molecule has 0 aliphatic carbocycles. The van der Waals surface area contributed by atoms with Gasteiger partial charge in [-0.3, -0.25) is 14.6 Å². The molecular weight excluding hydrogens is 326 g/mol. The first kappa shape index (κ1) is 17.6. The van der Waals surface area contributed by atoms with Crippen LogP contribution >= 0.6 is 0 Å². The predicted octanol–water partition coefficient (Wildman–Crippen LogP) is 3.79. The number of hydrogen-bond donors (Lipinski definition) is 1. The predicted molar refractivity (Wildman–Crippen MR) is 104 cm³/mol. The van der Waals surface area contributed by atoms with Crippen LogP contribution in [0.15, 0.2) is 60.8 Å². The third-order valence-electron chi connectivity index (χ3n) is 4.26. The first-order valence-corrected chi connectivity index (χ1v) is 8.59. The van der Waals surface area contributed by atoms with Crippen LogP contribution in [0, 0.1) is 0 Å². The number of benzene rings is 2. The highest BCUT2D eigenvalue weighted by Gasteiger charge is 2.19. The van der Waals surface area contributed by atoms with Gasteiger partial charge in [0.15, 0.2) is 0 Å². The number of rotatable bonds is 5. The molecule has 0 bridgehead atoms. The summed E-state index contributed by atoms with van der Waals surface area (Å²) in [5.74, 6) is -0.448. The highest BCUT2D eigenvalue weighted by Crippen LogP contribution is 2.25. The summed E-state index contributed by atoms with van der Waals surface area (Å²) < 4.78 is 0. The van der Waals surface area contributed by atoms with Crippen molar-refractivity contribution in [3.8, 4) is 0 Å². The Morgan fingerprint density at radius 2 is 1.81 bits per heavy atom. The van der Waals surface area contributed by atoms with Gasteiger partial charge in [0.2, 0.25) is 11.8 Å². The van der Waals surface area contributed by atoms with Crippen LogP contribution in [0.2, 0.25) is 0 Å². The van der Waals surface area contributed by atoms with Crippen LogP contribution in [0.4, 0.5) is 11.4 Å². The molecule has 5 heteroatoms. The van der Waals surface area contributed by atoms with E-state index in [0.29, 0.717) is 11.2 Å². The van der Waals surface area contributed by atoms with Gasteiger partial charge < -0.3 is 10.2 Å². The van der Waals surface area contributed by atoms with Crippen LogP contribution in [0.3, 0.4) is 0 Å². The van der Waals surface area contributed by atoms with E-state index in [0.717, 1.165) is 23.1 Å². The molecule has 0 unspecified atom stereocenters. The monoisotopic (exact) mass is 347 g/mol. The first-order valence-electron chi connectivity index (χ1n) is 8.59. The fraction of sp³-hybridized carbons (Fsp3) is 0.190. The maximum atomic E-state index is 12.6. The lowest BCUT2D eigenvalue weighted by atomic mass is 10.1. The third kappa shape index (κ3) is 3.72. The van der Waals surface area contributed by atoms with Crippen LogP contribution in [-0.2, 0) is 16.0 Å². The number of para-hydroxylation sites is 2. The van der Waals surface area contributed by atoms with E-state index in [9.17, 15) is 9.59 Å². The molecule has 1 heterocycles. The average molecular weight is 347 g/mol. The van der Waals surface area contributed by atoms with E-state index in [2.05, 4.69) is 10.3 Å². The van der Waals surface area contributed by atoms with E-state index in [1.165, 1.54) is 11.8 Å². The number of anilines is 2. The van der Waals surface area contributed by atoms with Crippen molar-refractivity contribution in [1.29, 1.82) is 0 Å². The number of nitrogens with zero attached hydrogens (tertiary/aromatic N) is 2. The fourth-order valence-corrected chi connectivity index (χ4v) is 2.96. The van der Waals surface area contributed by atoms with Gasteiger partial charge in [-0.05, 0) is 30.2 Å². The Morgan fingerprint density at radius 3 is 2.58 bits per heavy atom. The van der Waals surface area contributed by atoms with E-state index in [-0.39, 0.29) is 18.4 Å². The van der Waals surface area contributed by atoms with Gasteiger partial charge in [0.1, 0.15) is 6.54 Å². The Kier molecular flexibility index (Phi) is 5.27. The number of aromatic nitrogens is 1. The number of hydrogen-bond acceptors (Lipinski definition) is 3. The van der Waals surface area contributed by atoms with Crippen LogP contribution in [0.5, 0.6) is 0 Å². The SMILES string of the molecule is CCc1ccccc1NC(=O)CN(C(C)=O)c1cccc2cccnc12. The van der Waals surface area contributed by atoms with Crippen molar-refractivity contribution in [1.82, 2.24) is 4.98 Å². The Labute approximate surface area is 152 Å². The maximum Gasteiger partial charge on any atom is 0.244 e. The maximum absolute atomic E-state index is 12.6. The summed E-state index contributed by atoms with van der Waals surface area (Å²) in [6.07, 6.45) is 2.50. The number of carbonyl (C=O) groups excluding carboxylic acids is 2. The molecule has 2 aromatic carbocycles. The Bertz CT molecular complexity index is 947. The Hall–Kier alpha value is -3.21. The van der Waals surface area contributed by atoms with Crippen molar-refractivity contribution >= 4 is 34.1 Å². The molecule has 5 nitrogen and oxygen atoms in total. The molecule has 1 N–H and O–H groups in total. The van der Waals surface area contributed by atoms with Crippen molar-refractivity contribution in [2.45, 2.75) is 20.3 Å². The molecular formula is C21H21N3O2. The lowest BCUT2D eigenvalue weighted by molar-refractivity contribution is -0.120. The lowest BCUT2D eigenvalue weighted by Gasteiger charge is -2.22. The standard InChI is InChI=1S/C21H21N3O2/c1-3-16-8-4-5-11-18(16)23-20(26)14-24(15(2)25)19-12-6-9-17-10-7-13-22-21(17)19/h4-13H,3,14H2,1-2H3,(H,23,26). The average Bonchev–Trinajstić information content (AvgIpc) is 2.66. The van der Waals surface area contributed by atoms with Crippen LogP contribution in [0.1, 0.15) is 19.4 Å². The van der Waals surface area contributed by atoms with Crippen LogP contribution in [0.25, 0.3) is 10.9 Å². The van der Waals surface area contributed by atoms with Gasteiger partial charge in [-0.1, -0.05) is 43.3 Å². The fourth-order valence-electron chi connectivity index (χ4n) is 2.96. The van der Waals surface area contributed by atoms with Gasteiger partial charge in [-0.25, -0.2) is 0 Å². The second-order valence-corrected chi connectivity index (χ2v) is 6.02. The topological polar surface area (TPSA) is 62.3 Å². The Balaban J connectivity index is 1.87. The van der Waals surface area contributed by atoms with Gasteiger partial charge in [0, 0.05) is 24.2 Å². The molecule has 26 heavy (non-hydrogen) atoms. The molecule has 0 spiro atoms. The molecule has 3 aromatic rings. The summed E-state index contributed by atoms with van der Waals surface area (Å²) in [5, 5.41) is 3.84. The number of amides is 2. The zero-order chi connectivity index (χ0) is 18.5. The number of carbonyl (C=O) groups is 2. The summed E-state index contributed by atoms with van der Waals surface area (Å²) in [4.78, 5) is 30.6. The van der Waals surface area contributed by atoms with E-state index in [1.54, 1.807) is 6.20 Å². The van der Waals surface area contributed by atoms with Gasteiger partial charge in [0.25, 0.3) is 0 Å². The number of pyridine rings is 1. The highest BCUT2D eigenvalue weighted by molar-refractivity contribution is 6.06. The lowest BCUT2D eigenvalue weighted by Crippen LogP contribution is -2.37. The minimum Gasteiger partial charge on any atom is -0.324 e. The van der Waals surface area contributed by atoms with Crippen LogP contribution < -0.4 is 10.2 Å². The van der Waals surface area contributed by atoms with Crippen LogP contribution in [-0.4, -0.2) is 23.3 Å². The summed E-state index contributed by atoms with van der Waals surface area (Å²) in [5.41, 5.74) is 3.17. The molecule has 0 aliphatic heterocycles. The second kappa shape index (κ2) is 7.78. The largest absolute Gasteiger partial charge is 0.324 e. The van der Waals surface area contributed by atoms with Gasteiger partial charge >= 0.3 is 0 Å². The van der Waals surface area contributed by atoms with Crippen molar-refractivity contribution in [3.05, 3.63) is 66.4 Å². The molecule has 0 radical (unpaired) electrons. The van der Waals surface area contributed by atoms with Gasteiger partial charge in [0.05, 0.1) is 11.2 Å². The zero-order valence-electron chi connectivity index (χ0n) is 14.9. The molecule has 132 valence electrons. The first-order chi connectivity index (χ1) is 12.6. The Morgan fingerprint density at radius 1 is 1.04 bits per heavy atom. The minimum atomic E-state index is -0.242. The second-order valence-electron chi connectivity index (χ2n) is 6.02. The van der Waals surface area contributed by atoms with Crippen molar-refractivity contribution in [2.75, 3.05) is 16.8 Å². The van der Waals surface area contributed by atoms with E-state index in [4.69, 9.17) is 0 Å². The summed E-state index contributed by atoms with van der Waals surface area (Å²) in [6.45, 7) is 3.42. The minimum absolute atomic E-state index is 0.0664. The molecule has 0 saturated heterocycles. The summed E-state index contributed by atoms with van der Waals surface area (Å²) in [6, 6.07) is 17.1. The molecule has 0 atom stereocenters. The molecule has 0 fully saturated rings. The third-order valence-corrected chi connectivity index (χ3v) is 4.26. The molecule has 0 saturated carbocycles.